The predicted molar refractivity (Wildman–Crippen MR) is 49.4 cm³/mol. The van der Waals surface area contributed by atoms with Gasteiger partial charge in [0, 0.05) is 12.6 Å². The number of nitrogens with zero attached hydrogens (tertiary/aromatic N) is 1. The van der Waals surface area contributed by atoms with Crippen molar-refractivity contribution in [2.45, 2.75) is 6.42 Å². The average Bonchev–Trinajstić information content (AvgIpc) is 2.26. The summed E-state index contributed by atoms with van der Waals surface area (Å²) in [5, 5.41) is 4.93. The zero-order chi connectivity index (χ0) is 9.90. The van der Waals surface area contributed by atoms with Crippen LogP contribution in [0.25, 0.3) is 0 Å². The Bertz CT molecular complexity index is 379. The third-order valence-electron chi connectivity index (χ3n) is 1.50. The summed E-state index contributed by atoms with van der Waals surface area (Å²) in [7, 11) is -2.16. The first-order chi connectivity index (χ1) is 6.04. The van der Waals surface area contributed by atoms with Crippen LogP contribution in [-0.2, 0) is 14.8 Å². The zero-order valence-corrected chi connectivity index (χ0v) is 7.91. The first-order valence-corrected chi connectivity index (χ1v) is 5.09. The minimum atomic E-state index is -3.64. The Morgan fingerprint density at radius 3 is 2.85 bits per heavy atom. The molecule has 6 heteroatoms. The van der Waals surface area contributed by atoms with Gasteiger partial charge in [-0.2, -0.15) is 0 Å². The second kappa shape index (κ2) is 3.71. The molecule has 0 radical (unpaired) electrons. The maximum absolute atomic E-state index is 10.9. The molecule has 0 aliphatic carbocycles. The highest BCUT2D eigenvalue weighted by atomic mass is 32.2. The van der Waals surface area contributed by atoms with Crippen molar-refractivity contribution >= 4 is 15.9 Å². The Kier molecular flexibility index (Phi) is 2.84. The van der Waals surface area contributed by atoms with E-state index in [-0.39, 0.29) is 4.91 Å². The van der Waals surface area contributed by atoms with E-state index in [1.165, 1.54) is 25.5 Å². The molecule has 0 saturated carbocycles. The minimum Gasteiger partial charge on any atom is -0.484 e. The Morgan fingerprint density at radius 1 is 1.62 bits per heavy atom. The number of ether oxygens (including phenoxy) is 1. The third kappa shape index (κ3) is 2.67. The van der Waals surface area contributed by atoms with Crippen molar-refractivity contribution in [3.63, 3.8) is 0 Å². The molecule has 0 bridgehead atoms. The van der Waals surface area contributed by atoms with Crippen LogP contribution in [0.1, 0.15) is 6.42 Å². The van der Waals surface area contributed by atoms with Crippen molar-refractivity contribution < 1.29 is 13.2 Å². The van der Waals surface area contributed by atoms with E-state index in [4.69, 9.17) is 9.88 Å². The SMILES string of the molecule is COC1=NC=CC(S(N)(=O)=O)=CC1. The summed E-state index contributed by atoms with van der Waals surface area (Å²) in [6, 6.07) is 0. The lowest BCUT2D eigenvalue weighted by Gasteiger charge is -1.98. The van der Waals surface area contributed by atoms with Crippen molar-refractivity contribution in [1.29, 1.82) is 0 Å². The predicted octanol–water partition coefficient (Wildman–Crippen LogP) is 0.121. The largest absolute Gasteiger partial charge is 0.484 e. The van der Waals surface area contributed by atoms with Crippen LogP contribution in [0.5, 0.6) is 0 Å². The maximum Gasteiger partial charge on any atom is 0.237 e. The fraction of sp³-hybridized carbons (Fsp3) is 0.286. The van der Waals surface area contributed by atoms with Crippen LogP contribution in [0.3, 0.4) is 0 Å². The lowest BCUT2D eigenvalue weighted by molar-refractivity contribution is 0.395. The van der Waals surface area contributed by atoms with E-state index >= 15 is 0 Å². The monoisotopic (exact) mass is 202 g/mol. The topological polar surface area (TPSA) is 81.8 Å². The summed E-state index contributed by atoms with van der Waals surface area (Å²) in [4.78, 5) is 3.91. The van der Waals surface area contributed by atoms with E-state index in [1.54, 1.807) is 0 Å². The summed E-state index contributed by atoms with van der Waals surface area (Å²) in [6.07, 6.45) is 4.47. The number of hydrogen-bond acceptors (Lipinski definition) is 4. The average molecular weight is 202 g/mol. The summed E-state index contributed by atoms with van der Waals surface area (Å²) >= 11 is 0. The van der Waals surface area contributed by atoms with Crippen molar-refractivity contribution in [1.82, 2.24) is 0 Å². The molecule has 0 amide bonds. The highest BCUT2D eigenvalue weighted by Crippen LogP contribution is 2.09. The molecular weight excluding hydrogens is 192 g/mol. The molecule has 1 rings (SSSR count). The van der Waals surface area contributed by atoms with Crippen LogP contribution < -0.4 is 5.14 Å². The van der Waals surface area contributed by atoms with E-state index in [0.29, 0.717) is 12.3 Å². The fourth-order valence-corrected chi connectivity index (χ4v) is 1.42. The van der Waals surface area contributed by atoms with Crippen LogP contribution >= 0.6 is 0 Å². The standard InChI is InChI=1S/C7H10N2O3S/c1-12-7-3-2-6(4-5-9-7)13(8,10)11/h2,4-5H,3H2,1H3,(H2,8,10,11). The Balaban J connectivity index is 2.93. The van der Waals surface area contributed by atoms with Crippen molar-refractivity contribution in [2.75, 3.05) is 7.11 Å². The van der Waals surface area contributed by atoms with Gasteiger partial charge in [-0.1, -0.05) is 6.08 Å². The van der Waals surface area contributed by atoms with Gasteiger partial charge in [0.1, 0.15) is 0 Å². The number of nitrogens with two attached hydrogens (primary N) is 1. The minimum absolute atomic E-state index is 0.0586. The second-order valence-electron chi connectivity index (χ2n) is 2.40. The molecule has 0 unspecified atom stereocenters. The molecule has 0 saturated heterocycles. The lowest BCUT2D eigenvalue weighted by Crippen LogP contribution is -2.13. The van der Waals surface area contributed by atoms with Gasteiger partial charge in [0.25, 0.3) is 0 Å². The molecule has 1 aliphatic rings. The van der Waals surface area contributed by atoms with Gasteiger partial charge >= 0.3 is 0 Å². The summed E-state index contributed by atoms with van der Waals surface area (Å²) in [5.74, 6) is 0.454. The Morgan fingerprint density at radius 2 is 2.31 bits per heavy atom. The van der Waals surface area contributed by atoms with Gasteiger partial charge in [-0.25, -0.2) is 18.5 Å². The highest BCUT2D eigenvalue weighted by Gasteiger charge is 2.10. The van der Waals surface area contributed by atoms with Gasteiger partial charge in [0.2, 0.25) is 10.0 Å². The van der Waals surface area contributed by atoms with Gasteiger partial charge in [0.15, 0.2) is 5.90 Å². The summed E-state index contributed by atoms with van der Waals surface area (Å²) in [5.41, 5.74) is 0. The molecule has 1 heterocycles. The van der Waals surface area contributed by atoms with Gasteiger partial charge < -0.3 is 4.74 Å². The molecule has 13 heavy (non-hydrogen) atoms. The van der Waals surface area contributed by atoms with E-state index < -0.39 is 10.0 Å². The number of allylic oxidation sites excluding steroid dienone is 1. The van der Waals surface area contributed by atoms with E-state index in [2.05, 4.69) is 4.99 Å². The van der Waals surface area contributed by atoms with Crippen LogP contribution in [0.2, 0.25) is 0 Å². The number of rotatable bonds is 1. The smallest absolute Gasteiger partial charge is 0.237 e. The van der Waals surface area contributed by atoms with Crippen molar-refractivity contribution in [2.24, 2.45) is 10.1 Å². The van der Waals surface area contributed by atoms with E-state index in [0.717, 1.165) is 0 Å². The normalized spacial score (nSPS) is 17.4. The highest BCUT2D eigenvalue weighted by molar-refractivity contribution is 7.93. The lowest BCUT2D eigenvalue weighted by atomic mass is 10.4. The van der Waals surface area contributed by atoms with Crippen LogP contribution in [0, 0.1) is 0 Å². The molecule has 0 aromatic heterocycles. The molecule has 1 aliphatic heterocycles. The van der Waals surface area contributed by atoms with Crippen LogP contribution in [-0.4, -0.2) is 21.4 Å². The van der Waals surface area contributed by atoms with Gasteiger partial charge in [-0.15, -0.1) is 0 Å². The molecule has 0 aromatic carbocycles. The molecule has 0 aromatic rings. The quantitative estimate of drug-likeness (QED) is 0.655. The fourth-order valence-electron chi connectivity index (χ4n) is 0.850. The zero-order valence-electron chi connectivity index (χ0n) is 7.10. The van der Waals surface area contributed by atoms with Crippen molar-refractivity contribution in [3.05, 3.63) is 23.3 Å². The molecule has 0 atom stereocenters. The first-order valence-electron chi connectivity index (χ1n) is 3.54. The maximum atomic E-state index is 10.9. The number of hydrogen-bond donors (Lipinski definition) is 1. The van der Waals surface area contributed by atoms with Gasteiger partial charge in [-0.05, 0) is 6.08 Å². The van der Waals surface area contributed by atoms with Crippen molar-refractivity contribution in [3.8, 4) is 0 Å². The van der Waals surface area contributed by atoms with Gasteiger partial charge in [-0.3, -0.25) is 0 Å². The van der Waals surface area contributed by atoms with E-state index in [1.807, 2.05) is 0 Å². The summed E-state index contributed by atoms with van der Waals surface area (Å²) < 4.78 is 26.7. The molecule has 5 nitrogen and oxygen atoms in total. The summed E-state index contributed by atoms with van der Waals surface area (Å²) in [6.45, 7) is 0. The molecule has 72 valence electrons. The first kappa shape index (κ1) is 9.94. The van der Waals surface area contributed by atoms with Crippen LogP contribution in [0.4, 0.5) is 0 Å². The number of sulfonamides is 1. The number of aliphatic imine (C=N–C) groups is 1. The Labute approximate surface area is 76.7 Å². The Hall–Kier alpha value is -1.14. The molecule has 0 spiro atoms. The second-order valence-corrected chi connectivity index (χ2v) is 3.96. The number of primary sulfonamides is 1. The third-order valence-corrected chi connectivity index (χ3v) is 2.46. The number of methoxy groups -OCH3 is 1. The molecular formula is C7H10N2O3S. The molecule has 0 fully saturated rings. The van der Waals surface area contributed by atoms with Gasteiger partial charge in [0.05, 0.1) is 12.0 Å². The van der Waals surface area contributed by atoms with E-state index in [9.17, 15) is 8.42 Å². The van der Waals surface area contributed by atoms with Crippen LogP contribution in [0.15, 0.2) is 28.2 Å². The molecule has 2 N–H and O–H groups in total.